The number of unbranched alkanes of at least 4 members (excludes halogenated alkanes) is 10. The summed E-state index contributed by atoms with van der Waals surface area (Å²) in [7, 11) is 0. The monoisotopic (exact) mass is 378 g/mol. The molecule has 0 unspecified atom stereocenters. The lowest BCUT2D eigenvalue weighted by molar-refractivity contribution is -0.127. The minimum absolute atomic E-state index is 0.126. The summed E-state index contributed by atoms with van der Waals surface area (Å²) < 4.78 is 0. The van der Waals surface area contributed by atoms with Crippen molar-refractivity contribution in [2.75, 3.05) is 5.32 Å². The Morgan fingerprint density at radius 2 is 1.41 bits per heavy atom. The van der Waals surface area contributed by atoms with E-state index in [1.165, 1.54) is 64.2 Å². The second kappa shape index (κ2) is 14.6. The van der Waals surface area contributed by atoms with Gasteiger partial charge in [-0.05, 0) is 19.3 Å². The van der Waals surface area contributed by atoms with Crippen molar-refractivity contribution in [3.05, 3.63) is 6.20 Å². The minimum Gasteiger partial charge on any atom is -0.307 e. The molecule has 0 radical (unpaired) electrons. The van der Waals surface area contributed by atoms with E-state index in [2.05, 4.69) is 41.5 Å². The van der Waals surface area contributed by atoms with Crippen LogP contribution < -0.4 is 5.32 Å². The molecule has 2 N–H and O–H groups in total. The Labute approximate surface area is 166 Å². The highest BCUT2D eigenvalue weighted by atomic mass is 16.2. The largest absolute Gasteiger partial charge is 0.307 e. The molecule has 0 fully saturated rings. The first-order valence-corrected chi connectivity index (χ1v) is 11.4. The molecule has 1 heterocycles. The van der Waals surface area contributed by atoms with Crippen LogP contribution in [0.4, 0.5) is 5.82 Å². The van der Waals surface area contributed by atoms with Crippen molar-refractivity contribution in [3.63, 3.8) is 0 Å². The van der Waals surface area contributed by atoms with E-state index < -0.39 is 0 Å². The van der Waals surface area contributed by atoms with Crippen molar-refractivity contribution < 1.29 is 4.79 Å². The summed E-state index contributed by atoms with van der Waals surface area (Å²) in [5, 5.41) is 13.4. The summed E-state index contributed by atoms with van der Waals surface area (Å²) in [5.74, 6) is 0.657. The summed E-state index contributed by atoms with van der Waals surface area (Å²) in [5.41, 5.74) is -0.269. The van der Waals surface area contributed by atoms with Crippen molar-refractivity contribution in [2.24, 2.45) is 5.41 Å². The zero-order valence-electron chi connectivity index (χ0n) is 18.0. The Hall–Kier alpha value is -1.39. The number of aromatic amines is 1. The Morgan fingerprint density at radius 3 is 1.85 bits per heavy atom. The fourth-order valence-corrected chi connectivity index (χ4v) is 3.86. The third-order valence-electron chi connectivity index (χ3n) is 5.83. The molecule has 0 saturated heterocycles. The highest BCUT2D eigenvalue weighted by Crippen LogP contribution is 2.36. The molecule has 1 rings (SSSR count). The Bertz CT molecular complexity index is 457. The Kier molecular flexibility index (Phi) is 12.8. The molecule has 5 heteroatoms. The number of hydrogen-bond donors (Lipinski definition) is 2. The molecule has 27 heavy (non-hydrogen) atoms. The number of amides is 1. The highest BCUT2D eigenvalue weighted by Gasteiger charge is 2.35. The van der Waals surface area contributed by atoms with Gasteiger partial charge in [-0.2, -0.15) is 10.3 Å². The van der Waals surface area contributed by atoms with Crippen LogP contribution in [-0.4, -0.2) is 21.3 Å². The quantitative estimate of drug-likeness (QED) is 0.298. The first-order valence-electron chi connectivity index (χ1n) is 11.4. The molecule has 0 spiro atoms. The van der Waals surface area contributed by atoms with Crippen LogP contribution in [0, 0.1) is 5.41 Å². The van der Waals surface area contributed by atoms with Crippen LogP contribution in [0.3, 0.4) is 0 Å². The summed E-state index contributed by atoms with van der Waals surface area (Å²) in [6, 6.07) is 0. The van der Waals surface area contributed by atoms with Gasteiger partial charge >= 0.3 is 0 Å². The molecule has 0 saturated carbocycles. The number of rotatable bonds is 17. The van der Waals surface area contributed by atoms with E-state index in [-0.39, 0.29) is 11.3 Å². The van der Waals surface area contributed by atoms with E-state index in [0.717, 1.165) is 32.1 Å². The third kappa shape index (κ3) is 9.39. The number of H-pyrrole nitrogens is 1. The zero-order chi connectivity index (χ0) is 19.8. The van der Waals surface area contributed by atoms with Gasteiger partial charge < -0.3 is 5.32 Å². The number of nitrogens with zero attached hydrogens (tertiary/aromatic N) is 2. The van der Waals surface area contributed by atoms with Crippen molar-refractivity contribution in [1.29, 1.82) is 0 Å². The van der Waals surface area contributed by atoms with Gasteiger partial charge in [0, 0.05) is 5.41 Å². The van der Waals surface area contributed by atoms with Crippen LogP contribution in [0.15, 0.2) is 6.20 Å². The lowest BCUT2D eigenvalue weighted by Gasteiger charge is -2.31. The molecule has 0 bridgehead atoms. The smallest absolute Gasteiger partial charge is 0.231 e. The maximum atomic E-state index is 13.1. The van der Waals surface area contributed by atoms with Gasteiger partial charge in [-0.15, -0.1) is 5.10 Å². The second-order valence-corrected chi connectivity index (χ2v) is 7.98. The fraction of sp³-hybridized carbons (Fsp3) is 0.864. The molecule has 0 aromatic carbocycles. The molecule has 0 atom stereocenters. The van der Waals surface area contributed by atoms with Crippen LogP contribution in [0.2, 0.25) is 0 Å². The summed E-state index contributed by atoms with van der Waals surface area (Å²) in [6.07, 6.45) is 19.6. The van der Waals surface area contributed by atoms with E-state index in [1.54, 1.807) is 6.20 Å². The molecular formula is C22H42N4O. The van der Waals surface area contributed by atoms with Crippen molar-refractivity contribution in [2.45, 2.75) is 117 Å². The number of anilines is 1. The number of hydrogen-bond acceptors (Lipinski definition) is 3. The van der Waals surface area contributed by atoms with Gasteiger partial charge in [-0.1, -0.05) is 97.8 Å². The predicted molar refractivity (Wildman–Crippen MR) is 114 cm³/mol. The summed E-state index contributed by atoms with van der Waals surface area (Å²) in [4.78, 5) is 13.1. The maximum Gasteiger partial charge on any atom is 0.231 e. The third-order valence-corrected chi connectivity index (χ3v) is 5.83. The maximum absolute atomic E-state index is 13.1. The topological polar surface area (TPSA) is 70.7 Å². The van der Waals surface area contributed by atoms with Crippen molar-refractivity contribution >= 4 is 11.7 Å². The van der Waals surface area contributed by atoms with Gasteiger partial charge in [0.1, 0.15) is 0 Å². The molecule has 1 aromatic heterocycles. The first-order chi connectivity index (χ1) is 13.2. The Morgan fingerprint density at radius 1 is 0.889 bits per heavy atom. The molecule has 1 amide bonds. The van der Waals surface area contributed by atoms with Gasteiger partial charge in [0.05, 0.1) is 6.20 Å². The van der Waals surface area contributed by atoms with Crippen molar-refractivity contribution in [1.82, 2.24) is 15.4 Å². The molecule has 1 aromatic rings. The van der Waals surface area contributed by atoms with E-state index in [1.807, 2.05) is 0 Å². The lowest BCUT2D eigenvalue weighted by atomic mass is 9.74. The zero-order valence-corrected chi connectivity index (χ0v) is 18.0. The fourth-order valence-electron chi connectivity index (χ4n) is 3.86. The number of carbonyl (C=O) groups excluding carboxylic acids is 1. The number of carbonyl (C=O) groups is 1. The van der Waals surface area contributed by atoms with Gasteiger partial charge in [0.25, 0.3) is 0 Å². The van der Waals surface area contributed by atoms with E-state index >= 15 is 0 Å². The van der Waals surface area contributed by atoms with Crippen molar-refractivity contribution in [3.8, 4) is 0 Å². The van der Waals surface area contributed by atoms with Crippen LogP contribution in [-0.2, 0) is 4.79 Å². The second-order valence-electron chi connectivity index (χ2n) is 7.98. The average Bonchev–Trinajstić information content (AvgIpc) is 3.18. The average molecular weight is 379 g/mol. The standard InChI is InChI=1S/C22H42N4O/c1-4-7-9-11-13-15-17-22(6-3,18-16-14-12-10-8-5-2)21(27)24-20-19-23-26-25-20/h19H,4-18H2,1-3H3,(H2,23,24,25,26,27). The van der Waals surface area contributed by atoms with Gasteiger partial charge in [-0.25, -0.2) is 0 Å². The van der Waals surface area contributed by atoms with Crippen LogP contribution in [0.1, 0.15) is 117 Å². The van der Waals surface area contributed by atoms with Crippen LogP contribution in [0.5, 0.6) is 0 Å². The first kappa shape index (κ1) is 23.6. The number of aromatic nitrogens is 3. The highest BCUT2D eigenvalue weighted by molar-refractivity contribution is 5.94. The van der Waals surface area contributed by atoms with E-state index in [0.29, 0.717) is 5.82 Å². The molecule has 5 nitrogen and oxygen atoms in total. The van der Waals surface area contributed by atoms with E-state index in [4.69, 9.17) is 0 Å². The molecule has 156 valence electrons. The normalized spacial score (nSPS) is 11.7. The molecule has 0 aliphatic rings. The van der Waals surface area contributed by atoms with E-state index in [9.17, 15) is 4.79 Å². The lowest BCUT2D eigenvalue weighted by Crippen LogP contribution is -2.36. The number of nitrogens with one attached hydrogen (secondary N) is 2. The minimum atomic E-state index is -0.269. The van der Waals surface area contributed by atoms with Crippen LogP contribution in [0.25, 0.3) is 0 Å². The predicted octanol–water partition coefficient (Wildman–Crippen LogP) is 6.64. The van der Waals surface area contributed by atoms with Gasteiger partial charge in [-0.3, -0.25) is 4.79 Å². The molecule has 0 aliphatic carbocycles. The van der Waals surface area contributed by atoms with Gasteiger partial charge in [0.2, 0.25) is 5.91 Å². The Balaban J connectivity index is 2.56. The SMILES string of the molecule is CCCCCCCCC(CC)(CCCCCCCC)C(=O)Nc1cn[nH]n1. The summed E-state index contributed by atoms with van der Waals surface area (Å²) >= 11 is 0. The summed E-state index contributed by atoms with van der Waals surface area (Å²) in [6.45, 7) is 6.66. The molecular weight excluding hydrogens is 336 g/mol. The van der Waals surface area contributed by atoms with Gasteiger partial charge in [0.15, 0.2) is 5.82 Å². The van der Waals surface area contributed by atoms with Crippen LogP contribution >= 0.6 is 0 Å². The molecule has 0 aliphatic heterocycles.